The van der Waals surface area contributed by atoms with Crippen LogP contribution in [0.2, 0.25) is 0 Å². The Labute approximate surface area is 111 Å². The highest BCUT2D eigenvalue weighted by molar-refractivity contribution is 5.79. The number of piperidine rings is 1. The van der Waals surface area contributed by atoms with Crippen LogP contribution in [0, 0.1) is 11.8 Å². The minimum atomic E-state index is 0.181. The zero-order valence-electron chi connectivity index (χ0n) is 11.9. The number of hydrogen-bond donors (Lipinski definition) is 1. The van der Waals surface area contributed by atoms with Crippen LogP contribution in [0.15, 0.2) is 0 Å². The number of hydrogen-bond acceptors (Lipinski definition) is 2. The summed E-state index contributed by atoms with van der Waals surface area (Å²) in [6, 6.07) is 0.703. The van der Waals surface area contributed by atoms with E-state index in [2.05, 4.69) is 18.7 Å². The van der Waals surface area contributed by atoms with E-state index in [4.69, 9.17) is 5.73 Å². The first kappa shape index (κ1) is 13.9. The maximum absolute atomic E-state index is 12.7. The summed E-state index contributed by atoms with van der Waals surface area (Å²) < 4.78 is 0. The fourth-order valence-electron chi connectivity index (χ4n) is 3.67. The maximum atomic E-state index is 12.7. The summed E-state index contributed by atoms with van der Waals surface area (Å²) >= 11 is 0. The van der Waals surface area contributed by atoms with Gasteiger partial charge in [0.15, 0.2) is 0 Å². The Morgan fingerprint density at radius 3 is 2.72 bits per heavy atom. The Morgan fingerprint density at radius 2 is 2.00 bits per heavy atom. The van der Waals surface area contributed by atoms with Crippen molar-refractivity contribution in [2.24, 2.45) is 17.6 Å². The molecular formula is C15H28N2O. The number of carbonyl (C=O) groups excluding carboxylic acids is 1. The van der Waals surface area contributed by atoms with E-state index >= 15 is 0 Å². The molecule has 0 aromatic heterocycles. The predicted molar refractivity (Wildman–Crippen MR) is 74.1 cm³/mol. The zero-order valence-corrected chi connectivity index (χ0v) is 11.9. The Bertz CT molecular complexity index is 282. The van der Waals surface area contributed by atoms with Gasteiger partial charge in [-0.2, -0.15) is 0 Å². The summed E-state index contributed by atoms with van der Waals surface area (Å²) in [7, 11) is 0. The van der Waals surface area contributed by atoms with Crippen LogP contribution in [0.1, 0.15) is 58.8 Å². The van der Waals surface area contributed by atoms with Gasteiger partial charge in [0.2, 0.25) is 5.91 Å². The fraction of sp³-hybridized carbons (Fsp3) is 0.933. The van der Waals surface area contributed by atoms with Crippen LogP contribution in [0.5, 0.6) is 0 Å². The van der Waals surface area contributed by atoms with Crippen LogP contribution in [-0.4, -0.2) is 29.4 Å². The van der Waals surface area contributed by atoms with E-state index < -0.39 is 0 Å². The second kappa shape index (κ2) is 6.05. The van der Waals surface area contributed by atoms with Gasteiger partial charge in [-0.15, -0.1) is 0 Å². The third-order valence-electron chi connectivity index (χ3n) is 5.06. The standard InChI is InChI=1S/C15H28N2O/c1-3-12-7-4-5-10-17(12)15(18)13-8-6-9-14(16)11(13)2/h11-14H,3-10,16H2,1-2H3. The molecule has 0 spiro atoms. The first-order chi connectivity index (χ1) is 8.65. The zero-order chi connectivity index (χ0) is 13.1. The van der Waals surface area contributed by atoms with E-state index in [1.165, 1.54) is 19.3 Å². The third-order valence-corrected chi connectivity index (χ3v) is 5.06. The molecule has 0 radical (unpaired) electrons. The molecule has 1 saturated carbocycles. The molecule has 2 rings (SSSR count). The van der Waals surface area contributed by atoms with Crippen LogP contribution in [0.4, 0.5) is 0 Å². The van der Waals surface area contributed by atoms with Crippen LogP contribution in [0.25, 0.3) is 0 Å². The molecule has 1 aliphatic carbocycles. The Morgan fingerprint density at radius 1 is 1.22 bits per heavy atom. The van der Waals surface area contributed by atoms with E-state index in [0.717, 1.165) is 32.2 Å². The van der Waals surface area contributed by atoms with Gasteiger partial charge in [-0.3, -0.25) is 4.79 Å². The first-order valence-corrected chi connectivity index (χ1v) is 7.71. The molecule has 2 fully saturated rings. The van der Waals surface area contributed by atoms with Crippen molar-refractivity contribution in [3.05, 3.63) is 0 Å². The first-order valence-electron chi connectivity index (χ1n) is 7.71. The van der Waals surface area contributed by atoms with Gasteiger partial charge in [-0.1, -0.05) is 20.3 Å². The highest BCUT2D eigenvalue weighted by Crippen LogP contribution is 2.32. The number of nitrogens with zero attached hydrogens (tertiary/aromatic N) is 1. The van der Waals surface area contributed by atoms with Gasteiger partial charge < -0.3 is 10.6 Å². The SMILES string of the molecule is CCC1CCCCN1C(=O)C1CCCC(N)C1C. The van der Waals surface area contributed by atoms with Crippen LogP contribution < -0.4 is 5.73 Å². The molecule has 1 amide bonds. The van der Waals surface area contributed by atoms with Gasteiger partial charge in [0.1, 0.15) is 0 Å². The lowest BCUT2D eigenvalue weighted by Crippen LogP contribution is -2.50. The summed E-state index contributed by atoms with van der Waals surface area (Å²) in [4.78, 5) is 14.9. The van der Waals surface area contributed by atoms with E-state index in [0.29, 0.717) is 17.9 Å². The minimum absolute atomic E-state index is 0.181. The molecule has 2 N–H and O–H groups in total. The van der Waals surface area contributed by atoms with Gasteiger partial charge in [0, 0.05) is 24.5 Å². The highest BCUT2D eigenvalue weighted by atomic mass is 16.2. The average Bonchev–Trinajstić information content (AvgIpc) is 2.41. The number of amides is 1. The molecule has 1 saturated heterocycles. The van der Waals surface area contributed by atoms with Crippen molar-refractivity contribution in [2.75, 3.05) is 6.54 Å². The van der Waals surface area contributed by atoms with E-state index in [9.17, 15) is 4.79 Å². The molecule has 0 bridgehead atoms. The molecule has 4 unspecified atom stereocenters. The van der Waals surface area contributed by atoms with E-state index in [1.54, 1.807) is 0 Å². The van der Waals surface area contributed by atoms with Crippen molar-refractivity contribution >= 4 is 5.91 Å². The predicted octanol–water partition coefficient (Wildman–Crippen LogP) is 2.54. The van der Waals surface area contributed by atoms with Crippen molar-refractivity contribution in [1.29, 1.82) is 0 Å². The Hall–Kier alpha value is -0.570. The Kier molecular flexibility index (Phi) is 4.66. The van der Waals surface area contributed by atoms with E-state index in [-0.39, 0.29) is 12.0 Å². The second-order valence-electron chi connectivity index (χ2n) is 6.15. The summed E-state index contributed by atoms with van der Waals surface area (Å²) in [6.07, 6.45) is 7.99. The Balaban J connectivity index is 2.04. The van der Waals surface area contributed by atoms with Crippen LogP contribution in [-0.2, 0) is 4.79 Å². The van der Waals surface area contributed by atoms with Crippen molar-refractivity contribution < 1.29 is 4.79 Å². The molecular weight excluding hydrogens is 224 g/mol. The molecule has 1 heterocycles. The smallest absolute Gasteiger partial charge is 0.226 e. The normalized spacial score (nSPS) is 37.6. The van der Waals surface area contributed by atoms with Crippen LogP contribution >= 0.6 is 0 Å². The molecule has 3 nitrogen and oxygen atoms in total. The van der Waals surface area contributed by atoms with Gasteiger partial charge in [0.05, 0.1) is 0 Å². The molecule has 0 aromatic rings. The molecule has 4 atom stereocenters. The molecule has 0 aromatic carbocycles. The highest BCUT2D eigenvalue weighted by Gasteiger charge is 2.37. The molecule has 3 heteroatoms. The lowest BCUT2D eigenvalue weighted by molar-refractivity contribution is -0.142. The summed E-state index contributed by atoms with van der Waals surface area (Å²) in [5.41, 5.74) is 6.13. The van der Waals surface area contributed by atoms with Gasteiger partial charge >= 0.3 is 0 Å². The molecule has 2 aliphatic rings. The van der Waals surface area contributed by atoms with Gasteiger partial charge in [0.25, 0.3) is 0 Å². The number of rotatable bonds is 2. The van der Waals surface area contributed by atoms with Crippen molar-refractivity contribution in [2.45, 2.75) is 70.9 Å². The lowest BCUT2D eigenvalue weighted by atomic mass is 9.76. The molecule has 1 aliphatic heterocycles. The molecule has 18 heavy (non-hydrogen) atoms. The summed E-state index contributed by atoms with van der Waals surface area (Å²) in [5, 5.41) is 0. The largest absolute Gasteiger partial charge is 0.339 e. The van der Waals surface area contributed by atoms with Crippen molar-refractivity contribution in [3.8, 4) is 0 Å². The maximum Gasteiger partial charge on any atom is 0.226 e. The van der Waals surface area contributed by atoms with Crippen molar-refractivity contribution in [3.63, 3.8) is 0 Å². The van der Waals surface area contributed by atoms with Gasteiger partial charge in [-0.25, -0.2) is 0 Å². The van der Waals surface area contributed by atoms with E-state index in [1.807, 2.05) is 0 Å². The summed E-state index contributed by atoms with van der Waals surface area (Å²) in [6.45, 7) is 5.33. The number of nitrogens with two attached hydrogens (primary N) is 1. The summed E-state index contributed by atoms with van der Waals surface area (Å²) in [5.74, 6) is 0.927. The third kappa shape index (κ3) is 2.71. The average molecular weight is 252 g/mol. The van der Waals surface area contributed by atoms with Gasteiger partial charge in [-0.05, 0) is 44.4 Å². The molecule has 104 valence electrons. The monoisotopic (exact) mass is 252 g/mol. The fourth-order valence-corrected chi connectivity index (χ4v) is 3.67. The second-order valence-corrected chi connectivity index (χ2v) is 6.15. The topological polar surface area (TPSA) is 46.3 Å². The van der Waals surface area contributed by atoms with Crippen LogP contribution in [0.3, 0.4) is 0 Å². The lowest BCUT2D eigenvalue weighted by Gasteiger charge is -2.41. The minimum Gasteiger partial charge on any atom is -0.339 e. The quantitative estimate of drug-likeness (QED) is 0.821. The van der Waals surface area contributed by atoms with Crippen molar-refractivity contribution in [1.82, 2.24) is 4.90 Å². The number of carbonyl (C=O) groups is 1. The number of likely N-dealkylation sites (tertiary alicyclic amines) is 1.